The fourth-order valence-electron chi connectivity index (χ4n) is 2.96. The zero-order valence-electron chi connectivity index (χ0n) is 15.3. The molecule has 0 saturated carbocycles. The summed E-state index contributed by atoms with van der Waals surface area (Å²) in [5.74, 6) is -0.538. The van der Waals surface area contributed by atoms with Crippen LogP contribution in [0.1, 0.15) is 30.5 Å². The number of nitrogens with one attached hydrogen (secondary N) is 1. The molecule has 2 aromatic rings. The SMILES string of the molecule is CCS(=O)(=O)N1N=C(c2cccc(NS(C)(=O)=O)c2)C[C@@H]1c1ccc(F)cc1. The van der Waals surface area contributed by atoms with E-state index >= 15 is 0 Å². The van der Waals surface area contributed by atoms with Gasteiger partial charge in [0.25, 0.3) is 0 Å². The number of benzene rings is 2. The van der Waals surface area contributed by atoms with Crippen LogP contribution in [-0.2, 0) is 20.0 Å². The normalized spacial score (nSPS) is 17.5. The topological polar surface area (TPSA) is 95.9 Å². The van der Waals surface area contributed by atoms with E-state index < -0.39 is 31.9 Å². The Morgan fingerprint density at radius 1 is 1.14 bits per heavy atom. The molecule has 3 rings (SSSR count). The summed E-state index contributed by atoms with van der Waals surface area (Å²) >= 11 is 0. The van der Waals surface area contributed by atoms with Crippen LogP contribution in [0.15, 0.2) is 53.6 Å². The van der Waals surface area contributed by atoms with E-state index in [-0.39, 0.29) is 12.2 Å². The molecule has 0 saturated heterocycles. The van der Waals surface area contributed by atoms with E-state index in [0.717, 1.165) is 10.7 Å². The fraction of sp³-hybridized carbons (Fsp3) is 0.278. The minimum atomic E-state index is -3.64. The first kappa shape index (κ1) is 20.3. The van der Waals surface area contributed by atoms with Gasteiger partial charge in [0.1, 0.15) is 5.82 Å². The molecule has 7 nitrogen and oxygen atoms in total. The van der Waals surface area contributed by atoms with Crippen LogP contribution < -0.4 is 4.72 Å². The summed E-state index contributed by atoms with van der Waals surface area (Å²) in [5, 5.41) is 4.31. The smallest absolute Gasteiger partial charge is 0.250 e. The predicted molar refractivity (Wildman–Crippen MR) is 107 cm³/mol. The first-order valence-electron chi connectivity index (χ1n) is 8.52. The molecule has 0 radical (unpaired) electrons. The molecule has 0 aromatic heterocycles. The Labute approximate surface area is 164 Å². The summed E-state index contributed by atoms with van der Waals surface area (Å²) in [7, 11) is -7.09. The third-order valence-corrected chi connectivity index (χ3v) is 6.52. The van der Waals surface area contributed by atoms with Gasteiger partial charge < -0.3 is 0 Å². The van der Waals surface area contributed by atoms with Crippen molar-refractivity contribution in [2.24, 2.45) is 5.10 Å². The summed E-state index contributed by atoms with van der Waals surface area (Å²) in [6.07, 6.45) is 1.33. The molecule has 0 unspecified atom stereocenters. The van der Waals surface area contributed by atoms with Gasteiger partial charge in [0, 0.05) is 12.1 Å². The highest BCUT2D eigenvalue weighted by Crippen LogP contribution is 2.35. The number of hydrazone groups is 1. The number of anilines is 1. The average Bonchev–Trinajstić information content (AvgIpc) is 3.07. The van der Waals surface area contributed by atoms with Crippen molar-refractivity contribution in [1.29, 1.82) is 0 Å². The van der Waals surface area contributed by atoms with E-state index in [9.17, 15) is 21.2 Å². The molecule has 0 aliphatic carbocycles. The molecule has 1 heterocycles. The first-order valence-corrected chi connectivity index (χ1v) is 12.0. The molecular formula is C18H20FN3O4S2. The lowest BCUT2D eigenvalue weighted by molar-refractivity contribution is 0.372. The summed E-state index contributed by atoms with van der Waals surface area (Å²) in [5.41, 5.74) is 2.10. The lowest BCUT2D eigenvalue weighted by atomic mass is 9.99. The highest BCUT2D eigenvalue weighted by molar-refractivity contribution is 7.92. The molecule has 1 aliphatic rings. The van der Waals surface area contributed by atoms with Crippen molar-refractivity contribution in [3.05, 3.63) is 65.5 Å². The van der Waals surface area contributed by atoms with Gasteiger partial charge in [-0.1, -0.05) is 24.3 Å². The minimum Gasteiger partial charge on any atom is -0.284 e. The van der Waals surface area contributed by atoms with E-state index in [4.69, 9.17) is 0 Å². The second-order valence-corrected chi connectivity index (χ2v) is 10.3. The van der Waals surface area contributed by atoms with Crippen LogP contribution >= 0.6 is 0 Å². The highest BCUT2D eigenvalue weighted by atomic mass is 32.2. The van der Waals surface area contributed by atoms with Crippen molar-refractivity contribution in [3.63, 3.8) is 0 Å². The van der Waals surface area contributed by atoms with Gasteiger partial charge in [0.2, 0.25) is 20.0 Å². The van der Waals surface area contributed by atoms with Crippen LogP contribution in [0, 0.1) is 5.82 Å². The molecule has 0 bridgehead atoms. The van der Waals surface area contributed by atoms with E-state index in [2.05, 4.69) is 9.82 Å². The van der Waals surface area contributed by atoms with E-state index in [1.807, 2.05) is 0 Å². The molecule has 0 fully saturated rings. The Hall–Kier alpha value is -2.46. The second-order valence-electron chi connectivity index (χ2n) is 6.45. The predicted octanol–water partition coefficient (Wildman–Crippen LogP) is 2.70. The molecule has 2 aromatic carbocycles. The number of nitrogens with zero attached hydrogens (tertiary/aromatic N) is 2. The van der Waals surface area contributed by atoms with Crippen LogP contribution in [0.3, 0.4) is 0 Å². The third-order valence-electron chi connectivity index (χ3n) is 4.28. The highest BCUT2D eigenvalue weighted by Gasteiger charge is 2.35. The van der Waals surface area contributed by atoms with Gasteiger partial charge in [-0.05, 0) is 42.3 Å². The number of rotatable bonds is 6. The van der Waals surface area contributed by atoms with Crippen molar-refractivity contribution in [1.82, 2.24) is 4.41 Å². The molecule has 10 heteroatoms. The van der Waals surface area contributed by atoms with Crippen LogP contribution in [0.25, 0.3) is 0 Å². The van der Waals surface area contributed by atoms with Crippen molar-refractivity contribution in [3.8, 4) is 0 Å². The maximum Gasteiger partial charge on any atom is 0.250 e. The van der Waals surface area contributed by atoms with Crippen LogP contribution in [0.5, 0.6) is 0 Å². The molecule has 1 atom stereocenters. The van der Waals surface area contributed by atoms with E-state index in [0.29, 0.717) is 22.5 Å². The first-order chi connectivity index (χ1) is 13.1. The third kappa shape index (κ3) is 4.50. The van der Waals surface area contributed by atoms with Gasteiger partial charge in [-0.15, -0.1) is 0 Å². The Morgan fingerprint density at radius 3 is 2.43 bits per heavy atom. The van der Waals surface area contributed by atoms with E-state index in [1.165, 1.54) is 31.2 Å². The number of halogens is 1. The van der Waals surface area contributed by atoms with E-state index in [1.54, 1.807) is 24.3 Å². The summed E-state index contributed by atoms with van der Waals surface area (Å²) in [6.45, 7) is 1.53. The Balaban J connectivity index is 1.99. The zero-order chi connectivity index (χ0) is 20.5. The molecule has 150 valence electrons. The Morgan fingerprint density at radius 2 is 1.82 bits per heavy atom. The van der Waals surface area contributed by atoms with Crippen molar-refractivity contribution < 1.29 is 21.2 Å². The summed E-state index contributed by atoms with van der Waals surface area (Å²) in [4.78, 5) is 0. The molecule has 28 heavy (non-hydrogen) atoms. The number of hydrogen-bond donors (Lipinski definition) is 1. The number of sulfonamides is 2. The molecule has 0 amide bonds. The van der Waals surface area contributed by atoms with Crippen molar-refractivity contribution >= 4 is 31.4 Å². The lowest BCUT2D eigenvalue weighted by Crippen LogP contribution is -2.28. The Bertz CT molecular complexity index is 1110. The lowest BCUT2D eigenvalue weighted by Gasteiger charge is -2.22. The molecule has 1 N–H and O–H groups in total. The monoisotopic (exact) mass is 425 g/mol. The van der Waals surface area contributed by atoms with Crippen LogP contribution in [0.4, 0.5) is 10.1 Å². The quantitative estimate of drug-likeness (QED) is 0.770. The fourth-order valence-corrected chi connectivity index (χ4v) is 4.59. The van der Waals surface area contributed by atoms with Crippen molar-refractivity contribution in [2.45, 2.75) is 19.4 Å². The molecule has 1 aliphatic heterocycles. The van der Waals surface area contributed by atoms with Gasteiger partial charge in [-0.2, -0.15) is 9.52 Å². The largest absolute Gasteiger partial charge is 0.284 e. The van der Waals surface area contributed by atoms with Gasteiger partial charge in [0.15, 0.2) is 0 Å². The maximum absolute atomic E-state index is 13.3. The summed E-state index contributed by atoms with van der Waals surface area (Å²) < 4.78 is 64.7. The second kappa shape index (κ2) is 7.51. The van der Waals surface area contributed by atoms with Gasteiger partial charge in [0.05, 0.1) is 23.8 Å². The number of hydrogen-bond acceptors (Lipinski definition) is 5. The van der Waals surface area contributed by atoms with Crippen molar-refractivity contribution in [2.75, 3.05) is 16.7 Å². The minimum absolute atomic E-state index is 0.128. The molecule has 0 spiro atoms. The van der Waals surface area contributed by atoms with Gasteiger partial charge in [-0.3, -0.25) is 4.72 Å². The average molecular weight is 426 g/mol. The summed E-state index contributed by atoms with van der Waals surface area (Å²) in [6, 6.07) is 11.6. The van der Waals surface area contributed by atoms with Crippen LogP contribution in [0.2, 0.25) is 0 Å². The zero-order valence-corrected chi connectivity index (χ0v) is 17.0. The standard InChI is InChI=1S/C18H20FN3O4S2/c1-3-28(25,26)22-18(13-7-9-15(19)10-8-13)12-17(20-22)14-5-4-6-16(11-14)21-27(2,23)24/h4-11,18,21H,3,12H2,1-2H3/t18-/m1/s1. The Kier molecular flexibility index (Phi) is 5.44. The van der Waals surface area contributed by atoms with Gasteiger partial charge >= 0.3 is 0 Å². The van der Waals surface area contributed by atoms with Crippen LogP contribution in [-0.4, -0.2) is 39.0 Å². The van der Waals surface area contributed by atoms with Gasteiger partial charge in [-0.25, -0.2) is 21.2 Å². The maximum atomic E-state index is 13.3. The molecular weight excluding hydrogens is 405 g/mol.